The highest BCUT2D eigenvalue weighted by atomic mass is 35.5. The zero-order valence-corrected chi connectivity index (χ0v) is 17.0. The predicted molar refractivity (Wildman–Crippen MR) is 117 cm³/mol. The Morgan fingerprint density at radius 3 is 2.66 bits per heavy atom. The number of anilines is 1. The quantitative estimate of drug-likeness (QED) is 0.387. The second-order valence-corrected chi connectivity index (χ2v) is 7.09. The van der Waals surface area contributed by atoms with Gasteiger partial charge in [0, 0.05) is 37.8 Å². The Balaban J connectivity index is 1.83. The second-order valence-electron chi connectivity index (χ2n) is 6.68. The van der Waals surface area contributed by atoms with Crippen LogP contribution in [0, 0.1) is 0 Å². The fraction of sp³-hybridized carbons (Fsp3) is 0.273. The van der Waals surface area contributed by atoms with Gasteiger partial charge in [-0.1, -0.05) is 23.7 Å². The number of hydrogen-bond donors (Lipinski definition) is 4. The zero-order valence-electron chi connectivity index (χ0n) is 23.2. The van der Waals surface area contributed by atoms with E-state index in [4.69, 9.17) is 21.2 Å². The van der Waals surface area contributed by atoms with Gasteiger partial charge in [0.25, 0.3) is 5.91 Å². The normalized spacial score (nSPS) is 17.0. The van der Waals surface area contributed by atoms with E-state index in [1.807, 2.05) is 0 Å². The Labute approximate surface area is 197 Å². The number of pyridine rings is 1. The molecule has 0 fully saturated rings. The molecule has 2 heterocycles. The van der Waals surface area contributed by atoms with Crippen LogP contribution >= 0.6 is 11.6 Å². The van der Waals surface area contributed by atoms with Gasteiger partial charge >= 0.3 is 6.18 Å². The maximum atomic E-state index is 12.8. The molecular formula is C22H22ClF3N4O2. The molecular weight excluding hydrogens is 445 g/mol. The van der Waals surface area contributed by atoms with Crippen LogP contribution in [0.15, 0.2) is 48.8 Å². The molecule has 0 radical (unpaired) electrons. The van der Waals surface area contributed by atoms with E-state index < -0.39 is 50.0 Å². The van der Waals surface area contributed by atoms with Crippen LogP contribution in [-0.4, -0.2) is 33.6 Å². The van der Waals surface area contributed by atoms with Crippen LogP contribution in [0.2, 0.25) is 5.02 Å². The summed E-state index contributed by atoms with van der Waals surface area (Å²) in [4.78, 5) is 19.3. The number of aromatic nitrogens is 2. The molecule has 3 aromatic rings. The minimum Gasteiger partial charge on any atom is -0.394 e. The molecule has 0 bridgehead atoms. The first-order valence-electron chi connectivity index (χ1n) is 12.6. The molecule has 3 rings (SSSR count). The number of aliphatic hydroxyl groups excluding tert-OH is 1. The number of H-pyrrole nitrogens is 1. The molecule has 2 aromatic heterocycles. The van der Waals surface area contributed by atoms with Gasteiger partial charge in [-0.05, 0) is 43.5 Å². The number of carbonyl (C=O) groups is 1. The largest absolute Gasteiger partial charge is 0.416 e. The maximum Gasteiger partial charge on any atom is 0.416 e. The van der Waals surface area contributed by atoms with Crippen molar-refractivity contribution in [2.75, 3.05) is 11.9 Å². The van der Waals surface area contributed by atoms with E-state index in [2.05, 4.69) is 20.6 Å². The summed E-state index contributed by atoms with van der Waals surface area (Å²) in [5.41, 5.74) is -0.140. The second kappa shape index (κ2) is 9.62. The number of benzene rings is 1. The van der Waals surface area contributed by atoms with Crippen molar-refractivity contribution in [3.05, 3.63) is 70.6 Å². The number of aromatic amines is 1. The smallest absolute Gasteiger partial charge is 0.394 e. The van der Waals surface area contributed by atoms with Crippen molar-refractivity contribution in [2.45, 2.75) is 31.9 Å². The fourth-order valence-electron chi connectivity index (χ4n) is 2.91. The summed E-state index contributed by atoms with van der Waals surface area (Å²) in [6.07, 6.45) is -2.06. The summed E-state index contributed by atoms with van der Waals surface area (Å²) >= 11 is 6.22. The highest BCUT2D eigenvalue weighted by Gasteiger charge is 2.30. The van der Waals surface area contributed by atoms with E-state index in [-0.39, 0.29) is 27.7 Å². The molecule has 4 N–H and O–H groups in total. The van der Waals surface area contributed by atoms with Crippen LogP contribution in [-0.2, 0) is 6.18 Å². The lowest BCUT2D eigenvalue weighted by Crippen LogP contribution is -2.31. The van der Waals surface area contributed by atoms with Crippen molar-refractivity contribution in [3.8, 4) is 11.1 Å². The Morgan fingerprint density at radius 1 is 1.31 bits per heavy atom. The van der Waals surface area contributed by atoms with Gasteiger partial charge in [0.2, 0.25) is 0 Å². The van der Waals surface area contributed by atoms with Crippen LogP contribution in [0.5, 0.6) is 0 Å². The molecule has 0 saturated carbocycles. The number of nitrogens with zero attached hydrogens (tertiary/aromatic N) is 1. The summed E-state index contributed by atoms with van der Waals surface area (Å²) in [6, 6.07) is 2.40. The molecule has 0 aliphatic heterocycles. The molecule has 0 spiro atoms. The predicted octanol–water partition coefficient (Wildman–Crippen LogP) is 5.03. The molecule has 10 heteroatoms. The van der Waals surface area contributed by atoms with Crippen molar-refractivity contribution in [3.63, 3.8) is 0 Å². The van der Waals surface area contributed by atoms with Gasteiger partial charge in [0.1, 0.15) is 11.5 Å². The van der Waals surface area contributed by atoms with E-state index in [0.717, 1.165) is 30.5 Å². The average Bonchev–Trinajstić information content (AvgIpc) is 3.32. The van der Waals surface area contributed by atoms with E-state index in [1.54, 1.807) is 0 Å². The third-order valence-electron chi connectivity index (χ3n) is 4.48. The molecule has 0 aliphatic rings. The number of nitrogens with one attached hydrogen (secondary N) is 3. The van der Waals surface area contributed by atoms with Crippen molar-refractivity contribution >= 4 is 23.3 Å². The molecule has 1 atom stereocenters. The van der Waals surface area contributed by atoms with Gasteiger partial charge in [0.05, 0.1) is 24.6 Å². The Kier molecular flexibility index (Phi) is 4.72. The average molecular weight is 474 g/mol. The number of halogens is 4. The van der Waals surface area contributed by atoms with Crippen molar-refractivity contribution in [1.29, 1.82) is 0 Å². The van der Waals surface area contributed by atoms with E-state index >= 15 is 0 Å². The van der Waals surface area contributed by atoms with Crippen molar-refractivity contribution < 1.29 is 32.7 Å². The maximum absolute atomic E-state index is 12.8. The minimum absolute atomic E-state index is 0.0161. The molecule has 0 saturated heterocycles. The topological polar surface area (TPSA) is 90.0 Å². The highest BCUT2D eigenvalue weighted by Crippen LogP contribution is 2.31. The van der Waals surface area contributed by atoms with Gasteiger partial charge < -0.3 is 20.7 Å². The number of amides is 1. The van der Waals surface area contributed by atoms with Crippen LogP contribution in [0.3, 0.4) is 0 Å². The van der Waals surface area contributed by atoms with Gasteiger partial charge in [0.15, 0.2) is 0 Å². The Hall–Kier alpha value is -3.04. The molecule has 6 nitrogen and oxygen atoms in total. The van der Waals surface area contributed by atoms with Crippen LogP contribution < -0.4 is 10.6 Å². The van der Waals surface area contributed by atoms with Crippen LogP contribution in [0.4, 0.5) is 19.0 Å². The molecule has 0 aliphatic carbocycles. The summed E-state index contributed by atoms with van der Waals surface area (Å²) < 4.78 is 91.7. The van der Waals surface area contributed by atoms with Gasteiger partial charge in [-0.2, -0.15) is 13.2 Å². The van der Waals surface area contributed by atoms with E-state index in [9.17, 15) is 23.1 Å². The van der Waals surface area contributed by atoms with E-state index in [1.165, 1.54) is 18.3 Å². The molecule has 1 amide bonds. The van der Waals surface area contributed by atoms with Crippen molar-refractivity contribution in [2.24, 2.45) is 0 Å². The lowest BCUT2D eigenvalue weighted by molar-refractivity contribution is -0.137. The third kappa shape index (κ3) is 5.60. The molecule has 170 valence electrons. The first-order chi connectivity index (χ1) is 17.9. The first kappa shape index (κ1) is 15.7. The zero-order chi connectivity index (χ0) is 29.4. The fourth-order valence-corrected chi connectivity index (χ4v) is 3.12. The molecule has 1 aromatic carbocycles. The van der Waals surface area contributed by atoms with E-state index in [0.29, 0.717) is 5.56 Å². The summed E-state index contributed by atoms with van der Waals surface area (Å²) in [5, 5.41) is 14.4. The lowest BCUT2D eigenvalue weighted by atomic mass is 10.0. The highest BCUT2D eigenvalue weighted by molar-refractivity contribution is 6.33. The summed E-state index contributed by atoms with van der Waals surface area (Å²) in [5.74, 6) is -0.981. The minimum atomic E-state index is -4.54. The number of aliphatic hydroxyl groups is 1. The Bertz CT molecular complexity index is 1310. The van der Waals surface area contributed by atoms with Gasteiger partial charge in [-0.3, -0.25) is 4.79 Å². The number of rotatable bonds is 7. The van der Waals surface area contributed by atoms with Crippen molar-refractivity contribution in [1.82, 2.24) is 15.3 Å². The standard InChI is InChI=1S/C22H22ClF3N4O2/c1-12(2)29-20-8-16(17(23)10-28-20)14-7-18(27-9-14)21(32)30-19(11-31)13-3-5-15(6-4-13)22(24,25)26/h3-10,12,19,27,31H,11H2,1-2H3,(H,28,29)(H,30,32)/t19-/m1/s1/i1D3,2D3,12D. The summed E-state index contributed by atoms with van der Waals surface area (Å²) in [7, 11) is 0. The third-order valence-corrected chi connectivity index (χ3v) is 4.78. The first-order valence-corrected chi connectivity index (χ1v) is 9.46. The Morgan fingerprint density at radius 2 is 2.03 bits per heavy atom. The number of hydrogen-bond acceptors (Lipinski definition) is 4. The van der Waals surface area contributed by atoms with Crippen LogP contribution in [0.1, 0.15) is 51.0 Å². The summed E-state index contributed by atoms with van der Waals surface area (Å²) in [6.45, 7) is -7.11. The monoisotopic (exact) mass is 473 g/mol. The lowest BCUT2D eigenvalue weighted by Gasteiger charge is -2.17. The number of carbonyl (C=O) groups excluding carboxylic acids is 1. The number of alkyl halides is 3. The molecule has 0 unspecified atom stereocenters. The van der Waals surface area contributed by atoms with Gasteiger partial charge in [-0.15, -0.1) is 0 Å². The molecule has 32 heavy (non-hydrogen) atoms. The van der Waals surface area contributed by atoms with Gasteiger partial charge in [-0.25, -0.2) is 4.98 Å². The van der Waals surface area contributed by atoms with Crippen LogP contribution in [0.25, 0.3) is 11.1 Å². The SMILES string of the molecule is [2H]C([2H])([2H])C([2H])(Nc1cc(-c2c[nH]c(C(=O)N[C@H](CO)c3ccc(C(F)(F)F)cc3)c2)c(Cl)cn1)C([2H])([2H])[2H].